The van der Waals surface area contributed by atoms with E-state index in [1.54, 1.807) is 0 Å². The number of halogens is 2. The van der Waals surface area contributed by atoms with Crippen molar-refractivity contribution in [3.63, 3.8) is 0 Å². The lowest BCUT2D eigenvalue weighted by molar-refractivity contribution is 0.247. The van der Waals surface area contributed by atoms with Crippen LogP contribution < -0.4 is 10.2 Å². The summed E-state index contributed by atoms with van der Waals surface area (Å²) in [5, 5.41) is 5.20. The predicted octanol–water partition coefficient (Wildman–Crippen LogP) is 4.49. The Balaban J connectivity index is 1.90. The van der Waals surface area contributed by atoms with Gasteiger partial charge in [-0.1, -0.05) is 36.2 Å². The van der Waals surface area contributed by atoms with Gasteiger partial charge in [0.1, 0.15) is 0 Å². The molecule has 1 aromatic carbocycles. The summed E-state index contributed by atoms with van der Waals surface area (Å²) in [6.45, 7) is 3.24. The van der Waals surface area contributed by atoms with E-state index in [0.29, 0.717) is 18.1 Å². The lowest BCUT2D eigenvalue weighted by Gasteiger charge is -2.51. The molecule has 2 saturated heterocycles. The molecule has 20 heavy (non-hydrogen) atoms. The predicted molar refractivity (Wildman–Crippen MR) is 87.1 cm³/mol. The van der Waals surface area contributed by atoms with E-state index in [0.717, 1.165) is 22.3 Å². The van der Waals surface area contributed by atoms with Gasteiger partial charge in [-0.15, -0.1) is 0 Å². The van der Waals surface area contributed by atoms with Crippen molar-refractivity contribution in [2.24, 2.45) is 0 Å². The van der Waals surface area contributed by atoms with Gasteiger partial charge in [-0.05, 0) is 50.8 Å². The Bertz CT molecular complexity index is 443. The highest BCUT2D eigenvalue weighted by atomic mass is 35.5. The standard InChI is InChI=1S/C16H22Cl2N2/c1-2-19-11-9-12-5-3-6-13(10-11)20(12)16-14(17)7-4-8-15(16)18/h4,7-8,11-13,19H,2-3,5-6,9-10H2,1H3. The van der Waals surface area contributed by atoms with Gasteiger partial charge in [-0.3, -0.25) is 0 Å². The average molecular weight is 313 g/mol. The lowest BCUT2D eigenvalue weighted by Crippen LogP contribution is -2.56. The van der Waals surface area contributed by atoms with E-state index in [-0.39, 0.29) is 0 Å². The molecule has 2 aliphatic heterocycles. The van der Waals surface area contributed by atoms with Crippen molar-refractivity contribution in [3.05, 3.63) is 28.2 Å². The van der Waals surface area contributed by atoms with Gasteiger partial charge in [0.2, 0.25) is 0 Å². The summed E-state index contributed by atoms with van der Waals surface area (Å²) in [4.78, 5) is 2.52. The number of piperidine rings is 2. The minimum absolute atomic E-state index is 0.573. The number of fused-ring (bicyclic) bond motifs is 2. The van der Waals surface area contributed by atoms with Crippen molar-refractivity contribution in [1.29, 1.82) is 0 Å². The zero-order valence-corrected chi connectivity index (χ0v) is 13.4. The molecule has 0 aliphatic carbocycles. The van der Waals surface area contributed by atoms with Crippen molar-refractivity contribution in [2.75, 3.05) is 11.4 Å². The molecule has 2 nitrogen and oxygen atoms in total. The van der Waals surface area contributed by atoms with Crippen molar-refractivity contribution < 1.29 is 0 Å². The van der Waals surface area contributed by atoms with Crippen LogP contribution in [-0.2, 0) is 0 Å². The topological polar surface area (TPSA) is 15.3 Å². The lowest BCUT2D eigenvalue weighted by atomic mass is 9.81. The van der Waals surface area contributed by atoms with Gasteiger partial charge in [-0.25, -0.2) is 0 Å². The van der Waals surface area contributed by atoms with E-state index >= 15 is 0 Å². The second-order valence-corrected chi connectivity index (χ2v) is 6.76. The molecule has 0 spiro atoms. The van der Waals surface area contributed by atoms with Crippen molar-refractivity contribution in [3.8, 4) is 0 Å². The van der Waals surface area contributed by atoms with Crippen LogP contribution in [0.1, 0.15) is 39.0 Å². The first kappa shape index (κ1) is 14.5. The summed E-state index contributed by atoms with van der Waals surface area (Å²) < 4.78 is 0. The van der Waals surface area contributed by atoms with Gasteiger partial charge < -0.3 is 10.2 Å². The van der Waals surface area contributed by atoms with Gasteiger partial charge in [0.15, 0.2) is 0 Å². The highest BCUT2D eigenvalue weighted by Crippen LogP contribution is 2.43. The molecule has 4 heteroatoms. The van der Waals surface area contributed by atoms with Crippen LogP contribution in [0.4, 0.5) is 5.69 Å². The Labute approximate surface area is 131 Å². The number of nitrogens with one attached hydrogen (secondary N) is 1. The fourth-order valence-corrected chi connectivity index (χ4v) is 4.53. The molecule has 2 aliphatic rings. The fraction of sp³-hybridized carbons (Fsp3) is 0.625. The van der Waals surface area contributed by atoms with Crippen LogP contribution in [0.2, 0.25) is 10.0 Å². The molecule has 3 rings (SSSR count). The van der Waals surface area contributed by atoms with E-state index < -0.39 is 0 Å². The SMILES string of the molecule is CCNC1CC2CCCC(C1)N2c1c(Cl)cccc1Cl. The van der Waals surface area contributed by atoms with E-state index in [9.17, 15) is 0 Å². The van der Waals surface area contributed by atoms with Gasteiger partial charge >= 0.3 is 0 Å². The van der Waals surface area contributed by atoms with E-state index in [1.807, 2.05) is 18.2 Å². The maximum atomic E-state index is 6.43. The minimum Gasteiger partial charge on any atom is -0.363 e. The highest BCUT2D eigenvalue weighted by Gasteiger charge is 2.39. The van der Waals surface area contributed by atoms with Crippen molar-refractivity contribution in [2.45, 2.75) is 57.2 Å². The number of rotatable bonds is 3. The van der Waals surface area contributed by atoms with Crippen LogP contribution >= 0.6 is 23.2 Å². The minimum atomic E-state index is 0.573. The normalized spacial score (nSPS) is 29.6. The number of anilines is 1. The van der Waals surface area contributed by atoms with Gasteiger partial charge in [0.05, 0.1) is 15.7 Å². The Morgan fingerprint density at radius 2 is 1.75 bits per heavy atom. The molecule has 110 valence electrons. The molecule has 1 aromatic rings. The molecule has 1 N–H and O–H groups in total. The summed E-state index contributed by atoms with van der Waals surface area (Å²) in [5.41, 5.74) is 1.06. The molecule has 2 unspecified atom stereocenters. The molecule has 0 radical (unpaired) electrons. The average Bonchev–Trinajstić information content (AvgIpc) is 2.39. The Morgan fingerprint density at radius 3 is 2.30 bits per heavy atom. The second-order valence-electron chi connectivity index (χ2n) is 5.94. The number of hydrogen-bond donors (Lipinski definition) is 1. The van der Waals surface area contributed by atoms with Crippen molar-refractivity contribution >= 4 is 28.9 Å². The molecule has 2 fully saturated rings. The first-order valence-electron chi connectivity index (χ1n) is 7.66. The molecular weight excluding hydrogens is 291 g/mol. The van der Waals surface area contributed by atoms with Crippen LogP contribution in [-0.4, -0.2) is 24.7 Å². The highest BCUT2D eigenvalue weighted by molar-refractivity contribution is 6.39. The maximum absolute atomic E-state index is 6.43. The summed E-state index contributed by atoms with van der Waals surface area (Å²) in [5.74, 6) is 0. The zero-order chi connectivity index (χ0) is 14.1. The molecule has 2 atom stereocenters. The number of para-hydroxylation sites is 1. The molecule has 0 aromatic heterocycles. The van der Waals surface area contributed by atoms with Gasteiger partial charge in [0.25, 0.3) is 0 Å². The quantitative estimate of drug-likeness (QED) is 0.884. The largest absolute Gasteiger partial charge is 0.363 e. The van der Waals surface area contributed by atoms with Crippen LogP contribution in [0.5, 0.6) is 0 Å². The monoisotopic (exact) mass is 312 g/mol. The van der Waals surface area contributed by atoms with E-state index in [1.165, 1.54) is 32.1 Å². The fourth-order valence-electron chi connectivity index (χ4n) is 3.94. The van der Waals surface area contributed by atoms with E-state index in [2.05, 4.69) is 17.1 Å². The maximum Gasteiger partial charge on any atom is 0.0749 e. The Kier molecular flexibility index (Phi) is 4.44. The first-order chi connectivity index (χ1) is 9.70. The third kappa shape index (κ3) is 2.66. The Hall–Kier alpha value is -0.440. The third-order valence-electron chi connectivity index (χ3n) is 4.66. The van der Waals surface area contributed by atoms with Gasteiger partial charge in [-0.2, -0.15) is 0 Å². The number of hydrogen-bond acceptors (Lipinski definition) is 2. The summed E-state index contributed by atoms with van der Waals surface area (Å²) in [7, 11) is 0. The molecule has 0 amide bonds. The first-order valence-corrected chi connectivity index (χ1v) is 8.42. The second kappa shape index (κ2) is 6.13. The van der Waals surface area contributed by atoms with Gasteiger partial charge in [0, 0.05) is 18.1 Å². The zero-order valence-electron chi connectivity index (χ0n) is 11.9. The van der Waals surface area contributed by atoms with E-state index in [4.69, 9.17) is 23.2 Å². The molecule has 2 heterocycles. The number of benzene rings is 1. The Morgan fingerprint density at radius 1 is 1.15 bits per heavy atom. The van der Waals surface area contributed by atoms with Crippen LogP contribution in [0.15, 0.2) is 18.2 Å². The van der Waals surface area contributed by atoms with Crippen LogP contribution in [0.25, 0.3) is 0 Å². The summed E-state index contributed by atoms with van der Waals surface area (Å²) in [6.07, 6.45) is 6.23. The van der Waals surface area contributed by atoms with Crippen LogP contribution in [0.3, 0.4) is 0 Å². The molecule has 2 bridgehead atoms. The van der Waals surface area contributed by atoms with Crippen molar-refractivity contribution in [1.82, 2.24) is 5.32 Å². The summed E-state index contributed by atoms with van der Waals surface area (Å²) >= 11 is 12.9. The molecule has 0 saturated carbocycles. The molecular formula is C16H22Cl2N2. The summed E-state index contributed by atoms with van der Waals surface area (Å²) in [6, 6.07) is 7.62. The smallest absolute Gasteiger partial charge is 0.0749 e. The third-order valence-corrected chi connectivity index (χ3v) is 5.27. The van der Waals surface area contributed by atoms with Crippen LogP contribution in [0, 0.1) is 0 Å². The number of nitrogens with zero attached hydrogens (tertiary/aromatic N) is 1.